The third kappa shape index (κ3) is 5.04. The summed E-state index contributed by atoms with van der Waals surface area (Å²) >= 11 is 0. The molecular formula is C32H27O4P. The molecule has 6 rings (SSSR count). The number of benzene rings is 4. The van der Waals surface area contributed by atoms with E-state index >= 15 is 0 Å². The Bertz CT molecular complexity index is 1470. The van der Waals surface area contributed by atoms with E-state index in [4.69, 9.17) is 9.05 Å². The zero-order chi connectivity index (χ0) is 25.2. The highest BCUT2D eigenvalue weighted by Crippen LogP contribution is 2.53. The SMILES string of the molecule is O=P(O)(O/C1=C/c2ccccc2CCc2ccccc21)O/C1=C/c2ccccc2CCc2ccccc21. The van der Waals surface area contributed by atoms with E-state index in [1.54, 1.807) is 0 Å². The van der Waals surface area contributed by atoms with Crippen LogP contribution in [0, 0.1) is 0 Å². The highest BCUT2D eigenvalue weighted by molar-refractivity contribution is 7.48. The Labute approximate surface area is 217 Å². The molecule has 4 aromatic rings. The lowest BCUT2D eigenvalue weighted by Gasteiger charge is -2.23. The summed E-state index contributed by atoms with van der Waals surface area (Å²) in [4.78, 5) is 11.1. The van der Waals surface area contributed by atoms with Crippen LogP contribution in [0.5, 0.6) is 0 Å². The van der Waals surface area contributed by atoms with E-state index in [0.29, 0.717) is 11.5 Å². The van der Waals surface area contributed by atoms with Crippen LogP contribution >= 0.6 is 7.82 Å². The molecule has 0 aromatic heterocycles. The van der Waals surface area contributed by atoms with Gasteiger partial charge in [-0.15, -0.1) is 0 Å². The van der Waals surface area contributed by atoms with Crippen molar-refractivity contribution >= 4 is 31.5 Å². The van der Waals surface area contributed by atoms with Gasteiger partial charge in [0.05, 0.1) is 0 Å². The van der Waals surface area contributed by atoms with Gasteiger partial charge in [0.15, 0.2) is 0 Å². The van der Waals surface area contributed by atoms with Crippen molar-refractivity contribution in [2.75, 3.05) is 0 Å². The Balaban J connectivity index is 1.41. The van der Waals surface area contributed by atoms with Crippen LogP contribution in [0.1, 0.15) is 44.5 Å². The first-order valence-electron chi connectivity index (χ1n) is 12.5. The summed E-state index contributed by atoms with van der Waals surface area (Å²) in [6, 6.07) is 31.8. The number of phosphoric ester groups is 1. The molecule has 184 valence electrons. The second kappa shape index (κ2) is 9.89. The van der Waals surface area contributed by atoms with E-state index in [-0.39, 0.29) is 0 Å². The molecular weight excluding hydrogens is 479 g/mol. The Morgan fingerprint density at radius 3 is 1.32 bits per heavy atom. The third-order valence-electron chi connectivity index (χ3n) is 7.00. The molecule has 0 amide bonds. The zero-order valence-electron chi connectivity index (χ0n) is 20.3. The van der Waals surface area contributed by atoms with Gasteiger partial charge in [-0.1, -0.05) is 97.1 Å². The number of phosphoric acid groups is 1. The maximum Gasteiger partial charge on any atom is 0.584 e. The van der Waals surface area contributed by atoms with E-state index in [0.717, 1.165) is 59.1 Å². The largest absolute Gasteiger partial charge is 0.584 e. The zero-order valence-corrected chi connectivity index (χ0v) is 21.2. The van der Waals surface area contributed by atoms with Gasteiger partial charge in [0.1, 0.15) is 11.5 Å². The van der Waals surface area contributed by atoms with Crippen LogP contribution in [0.15, 0.2) is 97.1 Å². The molecule has 0 aliphatic heterocycles. The van der Waals surface area contributed by atoms with Gasteiger partial charge >= 0.3 is 7.82 Å². The Hall–Kier alpha value is -3.85. The summed E-state index contributed by atoms with van der Waals surface area (Å²) in [6.07, 6.45) is 7.06. The van der Waals surface area contributed by atoms with Gasteiger partial charge in [-0.2, -0.15) is 0 Å². The van der Waals surface area contributed by atoms with E-state index < -0.39 is 7.82 Å². The van der Waals surface area contributed by atoms with Crippen LogP contribution in [0.25, 0.3) is 23.7 Å². The van der Waals surface area contributed by atoms with Crippen molar-refractivity contribution in [3.63, 3.8) is 0 Å². The lowest BCUT2D eigenvalue weighted by Crippen LogP contribution is -2.06. The lowest BCUT2D eigenvalue weighted by molar-refractivity contribution is 0.264. The molecule has 0 radical (unpaired) electrons. The topological polar surface area (TPSA) is 55.8 Å². The number of rotatable bonds is 4. The summed E-state index contributed by atoms with van der Waals surface area (Å²) in [6.45, 7) is 0. The molecule has 0 heterocycles. The average Bonchev–Trinajstić information content (AvgIpc) is 2.89. The third-order valence-corrected chi connectivity index (χ3v) is 7.86. The van der Waals surface area contributed by atoms with Crippen LogP contribution in [-0.2, 0) is 39.3 Å². The van der Waals surface area contributed by atoms with Crippen molar-refractivity contribution in [3.8, 4) is 0 Å². The highest BCUT2D eigenvalue weighted by Gasteiger charge is 2.31. The fraction of sp³-hybridized carbons (Fsp3) is 0.125. The summed E-state index contributed by atoms with van der Waals surface area (Å²) in [5, 5.41) is 0. The van der Waals surface area contributed by atoms with Crippen LogP contribution in [-0.4, -0.2) is 4.89 Å². The monoisotopic (exact) mass is 506 g/mol. The van der Waals surface area contributed by atoms with E-state index in [9.17, 15) is 9.46 Å². The van der Waals surface area contributed by atoms with Gasteiger partial charge in [-0.05, 0) is 71.2 Å². The van der Waals surface area contributed by atoms with Gasteiger partial charge in [-0.25, -0.2) is 4.57 Å². The molecule has 0 spiro atoms. The molecule has 0 fully saturated rings. The van der Waals surface area contributed by atoms with Crippen molar-refractivity contribution in [2.24, 2.45) is 0 Å². The predicted molar refractivity (Wildman–Crippen MR) is 148 cm³/mol. The van der Waals surface area contributed by atoms with E-state index in [1.807, 2.05) is 97.1 Å². The minimum Gasteiger partial charge on any atom is -0.395 e. The fourth-order valence-corrected chi connectivity index (χ4v) is 5.99. The van der Waals surface area contributed by atoms with Crippen LogP contribution in [0.2, 0.25) is 0 Å². The number of aryl methyl sites for hydroxylation is 4. The minimum atomic E-state index is -4.57. The molecule has 1 N–H and O–H groups in total. The quantitative estimate of drug-likeness (QED) is 0.288. The van der Waals surface area contributed by atoms with Crippen LogP contribution in [0.4, 0.5) is 0 Å². The Morgan fingerprint density at radius 1 is 0.514 bits per heavy atom. The van der Waals surface area contributed by atoms with Crippen molar-refractivity contribution in [3.05, 3.63) is 142 Å². The molecule has 0 saturated heterocycles. The van der Waals surface area contributed by atoms with Crippen molar-refractivity contribution in [1.82, 2.24) is 0 Å². The first kappa shape index (κ1) is 23.5. The number of hydrogen-bond donors (Lipinski definition) is 1. The van der Waals surface area contributed by atoms with E-state index in [2.05, 4.69) is 12.1 Å². The molecule has 37 heavy (non-hydrogen) atoms. The van der Waals surface area contributed by atoms with Crippen LogP contribution in [0.3, 0.4) is 0 Å². The van der Waals surface area contributed by atoms with Crippen molar-refractivity contribution in [1.29, 1.82) is 0 Å². The lowest BCUT2D eigenvalue weighted by atomic mass is 9.92. The number of fused-ring (bicyclic) bond motifs is 4. The van der Waals surface area contributed by atoms with Gasteiger partial charge in [-0.3, -0.25) is 4.89 Å². The Kier molecular flexibility index (Phi) is 6.30. The first-order valence-corrected chi connectivity index (χ1v) is 14.0. The van der Waals surface area contributed by atoms with Crippen molar-refractivity contribution < 1.29 is 18.5 Å². The molecule has 4 nitrogen and oxygen atoms in total. The second-order valence-electron chi connectivity index (χ2n) is 9.38. The molecule has 0 bridgehead atoms. The maximum absolute atomic E-state index is 13.6. The summed E-state index contributed by atoms with van der Waals surface area (Å²) in [5.41, 5.74) is 7.99. The highest BCUT2D eigenvalue weighted by atomic mass is 31.2. The average molecular weight is 507 g/mol. The predicted octanol–water partition coefficient (Wildman–Crippen LogP) is 7.71. The molecule has 5 heteroatoms. The maximum atomic E-state index is 13.6. The molecule has 2 aliphatic carbocycles. The standard InChI is InChI=1S/C32H27O4P/c33-37(34,35-31-21-27-13-3-1-9-23(27)17-19-25-11-5-7-15-29(25)31)36-32-22-28-14-4-2-10-24(28)18-20-26-12-6-8-16-30(26)32/h1-16,21-22H,17-20H2,(H,33,34)/b31-21+,32-22+. The fourth-order valence-electron chi connectivity index (χ4n) is 5.16. The van der Waals surface area contributed by atoms with E-state index in [1.165, 1.54) is 11.1 Å². The molecule has 2 aliphatic rings. The summed E-state index contributed by atoms with van der Waals surface area (Å²) in [7, 11) is -4.57. The normalized spacial score (nSPS) is 17.4. The number of hydrogen-bond acceptors (Lipinski definition) is 3. The smallest absolute Gasteiger partial charge is 0.395 e. The molecule has 0 atom stereocenters. The van der Waals surface area contributed by atoms with Crippen LogP contribution < -0.4 is 0 Å². The molecule has 4 aromatic carbocycles. The molecule has 0 saturated carbocycles. The van der Waals surface area contributed by atoms with Gasteiger partial charge in [0.2, 0.25) is 0 Å². The van der Waals surface area contributed by atoms with Gasteiger partial charge < -0.3 is 9.05 Å². The van der Waals surface area contributed by atoms with Crippen molar-refractivity contribution in [2.45, 2.75) is 25.7 Å². The molecule has 0 unspecified atom stereocenters. The first-order chi connectivity index (χ1) is 18.1. The minimum absolute atomic E-state index is 0.328. The Morgan fingerprint density at radius 2 is 0.865 bits per heavy atom. The summed E-state index contributed by atoms with van der Waals surface area (Å²) < 4.78 is 25.4. The second-order valence-corrected chi connectivity index (χ2v) is 10.7. The summed E-state index contributed by atoms with van der Waals surface area (Å²) in [5.74, 6) is 0.655. The van der Waals surface area contributed by atoms with Gasteiger partial charge in [0, 0.05) is 11.1 Å². The van der Waals surface area contributed by atoms with Gasteiger partial charge in [0.25, 0.3) is 0 Å².